The van der Waals surface area contributed by atoms with Crippen molar-refractivity contribution >= 4 is 21.6 Å². The van der Waals surface area contributed by atoms with E-state index in [2.05, 4.69) is 0 Å². The first-order valence-electron chi connectivity index (χ1n) is 6.28. The molecule has 1 aromatic carbocycles. The second kappa shape index (κ2) is 5.05. The number of β-amino-alcohol motifs (C(OH)–C–C–N with tert-alkyl or cyclic N) is 1. The molecule has 2 rings (SSSR count). The van der Waals surface area contributed by atoms with Gasteiger partial charge in [0, 0.05) is 18.1 Å². The Kier molecular flexibility index (Phi) is 3.93. The molecule has 1 aromatic rings. The van der Waals surface area contributed by atoms with Gasteiger partial charge in [0.25, 0.3) is 0 Å². The molecule has 0 aliphatic carbocycles. The minimum absolute atomic E-state index is 0.162. The monoisotopic (exact) mass is 303 g/mol. The Labute approximate surface area is 119 Å². The number of benzene rings is 1. The van der Waals surface area contributed by atoms with Gasteiger partial charge in [-0.25, -0.2) is 8.42 Å². The molecule has 0 atom stereocenters. The van der Waals surface area contributed by atoms with Gasteiger partial charge in [-0.15, -0.1) is 0 Å². The van der Waals surface area contributed by atoms with Crippen LogP contribution in [0.3, 0.4) is 0 Å². The standard InChI is InChI=1S/C13H18ClNO3S/c1-3-7-13(16)8-15(9-13)19(17,18)12-6-4-5-11(14)10(12)2/h4-6,16H,3,7-9H2,1-2H3. The number of hydrogen-bond acceptors (Lipinski definition) is 3. The number of hydrogen-bond donors (Lipinski definition) is 1. The number of sulfonamides is 1. The summed E-state index contributed by atoms with van der Waals surface area (Å²) in [4.78, 5) is 0.221. The Morgan fingerprint density at radius 1 is 1.42 bits per heavy atom. The quantitative estimate of drug-likeness (QED) is 0.927. The van der Waals surface area contributed by atoms with Crippen molar-refractivity contribution in [2.24, 2.45) is 0 Å². The van der Waals surface area contributed by atoms with Crippen LogP contribution in [0.1, 0.15) is 25.3 Å². The lowest BCUT2D eigenvalue weighted by molar-refractivity contribution is -0.0653. The van der Waals surface area contributed by atoms with Gasteiger partial charge >= 0.3 is 0 Å². The maximum absolute atomic E-state index is 12.4. The van der Waals surface area contributed by atoms with Crippen molar-refractivity contribution in [3.63, 3.8) is 0 Å². The van der Waals surface area contributed by atoms with Crippen LogP contribution in [0.15, 0.2) is 23.1 Å². The summed E-state index contributed by atoms with van der Waals surface area (Å²) in [6.07, 6.45) is 1.45. The number of aliphatic hydroxyl groups is 1. The predicted molar refractivity (Wildman–Crippen MR) is 74.8 cm³/mol. The first kappa shape index (κ1) is 14.8. The van der Waals surface area contributed by atoms with Crippen molar-refractivity contribution in [1.29, 1.82) is 0 Å². The molecular weight excluding hydrogens is 286 g/mol. The average Bonchev–Trinajstić information content (AvgIpc) is 2.29. The zero-order valence-electron chi connectivity index (χ0n) is 11.1. The number of rotatable bonds is 4. The Morgan fingerprint density at radius 2 is 2.05 bits per heavy atom. The Bertz CT molecular complexity index is 580. The molecule has 1 heterocycles. The highest BCUT2D eigenvalue weighted by molar-refractivity contribution is 7.89. The van der Waals surface area contributed by atoms with E-state index in [1.54, 1.807) is 25.1 Å². The topological polar surface area (TPSA) is 57.6 Å². The SMILES string of the molecule is CCCC1(O)CN(S(=O)(=O)c2cccc(Cl)c2C)C1. The molecule has 0 spiro atoms. The third-order valence-corrected chi connectivity index (χ3v) is 5.84. The van der Waals surface area contributed by atoms with E-state index in [9.17, 15) is 13.5 Å². The summed E-state index contributed by atoms with van der Waals surface area (Å²) >= 11 is 5.96. The molecule has 1 N–H and O–H groups in total. The summed E-state index contributed by atoms with van der Waals surface area (Å²) in [6, 6.07) is 4.84. The molecule has 1 aliphatic heterocycles. The van der Waals surface area contributed by atoms with Crippen LogP contribution < -0.4 is 0 Å². The van der Waals surface area contributed by atoms with Gasteiger partial charge in [-0.3, -0.25) is 0 Å². The summed E-state index contributed by atoms with van der Waals surface area (Å²) in [5.74, 6) is 0. The third kappa shape index (κ3) is 2.65. The van der Waals surface area contributed by atoms with Gasteiger partial charge in [-0.05, 0) is 31.0 Å². The van der Waals surface area contributed by atoms with Gasteiger partial charge in [-0.2, -0.15) is 4.31 Å². The molecule has 4 nitrogen and oxygen atoms in total. The lowest BCUT2D eigenvalue weighted by Crippen LogP contribution is -2.63. The van der Waals surface area contributed by atoms with Crippen LogP contribution in [-0.2, 0) is 10.0 Å². The maximum atomic E-state index is 12.4. The van der Waals surface area contributed by atoms with Gasteiger partial charge < -0.3 is 5.11 Å². The molecule has 0 bridgehead atoms. The molecule has 0 radical (unpaired) electrons. The largest absolute Gasteiger partial charge is 0.387 e. The minimum atomic E-state index is -3.56. The van der Waals surface area contributed by atoms with Crippen LogP contribution >= 0.6 is 11.6 Å². The smallest absolute Gasteiger partial charge is 0.243 e. The second-order valence-corrected chi connectivity index (χ2v) is 7.42. The zero-order valence-corrected chi connectivity index (χ0v) is 12.6. The van der Waals surface area contributed by atoms with Crippen LogP contribution in [-0.4, -0.2) is 36.5 Å². The summed E-state index contributed by atoms with van der Waals surface area (Å²) < 4.78 is 26.2. The fourth-order valence-electron chi connectivity index (χ4n) is 2.41. The molecule has 0 aromatic heterocycles. The lowest BCUT2D eigenvalue weighted by Gasteiger charge is -2.45. The van der Waals surface area contributed by atoms with E-state index >= 15 is 0 Å². The van der Waals surface area contributed by atoms with Crippen molar-refractivity contribution in [3.05, 3.63) is 28.8 Å². The molecule has 0 amide bonds. The van der Waals surface area contributed by atoms with Crippen molar-refractivity contribution in [1.82, 2.24) is 4.31 Å². The van der Waals surface area contributed by atoms with Gasteiger partial charge in [0.2, 0.25) is 10.0 Å². The van der Waals surface area contributed by atoms with Crippen molar-refractivity contribution < 1.29 is 13.5 Å². The highest BCUT2D eigenvalue weighted by Gasteiger charge is 2.46. The van der Waals surface area contributed by atoms with Crippen LogP contribution in [0.25, 0.3) is 0 Å². The highest BCUT2D eigenvalue weighted by Crippen LogP contribution is 2.33. The summed E-state index contributed by atoms with van der Waals surface area (Å²) in [6.45, 7) is 3.98. The summed E-state index contributed by atoms with van der Waals surface area (Å²) in [7, 11) is -3.56. The average molecular weight is 304 g/mol. The zero-order chi connectivity index (χ0) is 14.3. The van der Waals surface area contributed by atoms with E-state index in [-0.39, 0.29) is 18.0 Å². The second-order valence-electron chi connectivity index (χ2n) is 5.11. The van der Waals surface area contributed by atoms with Crippen LogP contribution in [0.4, 0.5) is 0 Å². The fourth-order valence-corrected chi connectivity index (χ4v) is 4.49. The van der Waals surface area contributed by atoms with Crippen molar-refractivity contribution in [3.8, 4) is 0 Å². The van der Waals surface area contributed by atoms with Gasteiger partial charge in [0.1, 0.15) is 0 Å². The number of halogens is 1. The van der Waals surface area contributed by atoms with E-state index in [0.717, 1.165) is 6.42 Å². The van der Waals surface area contributed by atoms with Gasteiger partial charge in [-0.1, -0.05) is 31.0 Å². The Hall–Kier alpha value is -0.620. The first-order chi connectivity index (χ1) is 8.80. The maximum Gasteiger partial charge on any atom is 0.243 e. The van der Waals surface area contributed by atoms with Crippen LogP contribution in [0.2, 0.25) is 5.02 Å². The molecule has 1 aliphatic rings. The third-order valence-electron chi connectivity index (χ3n) is 3.49. The molecule has 1 fully saturated rings. The molecular formula is C13H18ClNO3S. The first-order valence-corrected chi connectivity index (χ1v) is 8.09. The number of nitrogens with zero attached hydrogens (tertiary/aromatic N) is 1. The molecule has 0 unspecified atom stereocenters. The molecule has 6 heteroatoms. The molecule has 0 saturated carbocycles. The van der Waals surface area contributed by atoms with E-state index in [4.69, 9.17) is 11.6 Å². The van der Waals surface area contributed by atoms with Gasteiger partial charge in [0.05, 0.1) is 10.5 Å². The van der Waals surface area contributed by atoms with Crippen molar-refractivity contribution in [2.45, 2.75) is 37.2 Å². The molecule has 106 valence electrons. The molecule has 1 saturated heterocycles. The minimum Gasteiger partial charge on any atom is -0.387 e. The van der Waals surface area contributed by atoms with Gasteiger partial charge in [0.15, 0.2) is 0 Å². The van der Waals surface area contributed by atoms with Crippen LogP contribution in [0.5, 0.6) is 0 Å². The van der Waals surface area contributed by atoms with E-state index in [1.807, 2.05) is 6.92 Å². The normalized spacial score (nSPS) is 19.2. The Balaban J connectivity index is 2.24. The van der Waals surface area contributed by atoms with Crippen LogP contribution in [0, 0.1) is 6.92 Å². The fraction of sp³-hybridized carbons (Fsp3) is 0.538. The highest BCUT2D eigenvalue weighted by atomic mass is 35.5. The van der Waals surface area contributed by atoms with E-state index in [0.29, 0.717) is 17.0 Å². The Morgan fingerprint density at radius 3 is 2.63 bits per heavy atom. The summed E-state index contributed by atoms with van der Waals surface area (Å²) in [5.41, 5.74) is -0.316. The molecule has 19 heavy (non-hydrogen) atoms. The van der Waals surface area contributed by atoms with E-state index < -0.39 is 15.6 Å². The van der Waals surface area contributed by atoms with E-state index in [1.165, 1.54) is 4.31 Å². The predicted octanol–water partition coefficient (Wildman–Crippen LogP) is 2.18. The van der Waals surface area contributed by atoms with Crippen molar-refractivity contribution in [2.75, 3.05) is 13.1 Å². The summed E-state index contributed by atoms with van der Waals surface area (Å²) in [5, 5.41) is 10.5. The lowest BCUT2D eigenvalue weighted by atomic mass is 9.92.